The number of amides is 2. The van der Waals surface area contributed by atoms with Crippen molar-refractivity contribution in [1.82, 2.24) is 4.90 Å². The highest BCUT2D eigenvalue weighted by Crippen LogP contribution is 2.21. The fourth-order valence-corrected chi connectivity index (χ4v) is 2.95. The van der Waals surface area contributed by atoms with E-state index >= 15 is 0 Å². The average molecular weight is 377 g/mol. The van der Waals surface area contributed by atoms with E-state index in [0.29, 0.717) is 31.9 Å². The van der Waals surface area contributed by atoms with Crippen molar-refractivity contribution in [2.75, 3.05) is 36.4 Å². The molecule has 2 aromatic rings. The number of piperazine rings is 1. The molecule has 0 radical (unpaired) electrons. The van der Waals surface area contributed by atoms with Crippen molar-refractivity contribution in [2.24, 2.45) is 0 Å². The summed E-state index contributed by atoms with van der Waals surface area (Å²) in [6.45, 7) is 1.51. The van der Waals surface area contributed by atoms with Crippen LogP contribution in [0.4, 0.5) is 24.5 Å². The van der Waals surface area contributed by atoms with Gasteiger partial charge in [-0.1, -0.05) is 18.2 Å². The molecule has 0 spiro atoms. The molecule has 1 heterocycles. The lowest BCUT2D eigenvalue weighted by molar-refractivity contribution is -0.134. The van der Waals surface area contributed by atoms with Gasteiger partial charge >= 0.3 is 0 Å². The molecule has 5 nitrogen and oxygen atoms in total. The van der Waals surface area contributed by atoms with Gasteiger partial charge in [0.15, 0.2) is 0 Å². The monoisotopic (exact) mass is 377 g/mol. The van der Waals surface area contributed by atoms with Gasteiger partial charge in [0.05, 0.1) is 5.69 Å². The van der Waals surface area contributed by atoms with Crippen LogP contribution in [0.15, 0.2) is 42.5 Å². The standard InChI is InChI=1S/C19H18F3N3O2/c20-13-4-1-2-7-16(13)24-8-10-25(11-9-24)18(27)12-17(26)23-19-14(21)5-3-6-15(19)22/h1-7H,8-12H2,(H,23,26). The number of para-hydroxylation sites is 2. The van der Waals surface area contributed by atoms with Crippen molar-refractivity contribution in [3.63, 3.8) is 0 Å². The molecule has 1 N–H and O–H groups in total. The van der Waals surface area contributed by atoms with Crippen LogP contribution in [0, 0.1) is 17.5 Å². The zero-order chi connectivity index (χ0) is 19.4. The van der Waals surface area contributed by atoms with Crippen molar-refractivity contribution in [3.05, 3.63) is 59.9 Å². The number of hydrogen-bond acceptors (Lipinski definition) is 3. The molecule has 0 bridgehead atoms. The number of halogens is 3. The van der Waals surface area contributed by atoms with Gasteiger partial charge in [-0.15, -0.1) is 0 Å². The largest absolute Gasteiger partial charge is 0.366 e. The number of benzene rings is 2. The summed E-state index contributed by atoms with van der Waals surface area (Å²) in [5.74, 6) is -3.38. The maximum absolute atomic E-state index is 13.8. The molecule has 8 heteroatoms. The molecular formula is C19H18F3N3O2. The van der Waals surface area contributed by atoms with E-state index in [4.69, 9.17) is 0 Å². The number of nitrogens with zero attached hydrogens (tertiary/aromatic N) is 2. The second-order valence-electron chi connectivity index (χ2n) is 6.14. The highest BCUT2D eigenvalue weighted by atomic mass is 19.1. The van der Waals surface area contributed by atoms with E-state index < -0.39 is 35.6 Å². The van der Waals surface area contributed by atoms with Gasteiger partial charge in [-0.05, 0) is 24.3 Å². The van der Waals surface area contributed by atoms with Crippen molar-refractivity contribution in [1.29, 1.82) is 0 Å². The normalized spacial score (nSPS) is 14.2. The van der Waals surface area contributed by atoms with Crippen molar-refractivity contribution >= 4 is 23.2 Å². The van der Waals surface area contributed by atoms with Crippen LogP contribution < -0.4 is 10.2 Å². The summed E-state index contributed by atoms with van der Waals surface area (Å²) in [4.78, 5) is 27.5. The predicted molar refractivity (Wildman–Crippen MR) is 94.8 cm³/mol. The zero-order valence-corrected chi connectivity index (χ0v) is 14.4. The number of carbonyl (C=O) groups is 2. The summed E-state index contributed by atoms with van der Waals surface area (Å²) in [6.07, 6.45) is -0.520. The predicted octanol–water partition coefficient (Wildman–Crippen LogP) is 2.78. The molecule has 1 aliphatic rings. The minimum Gasteiger partial charge on any atom is -0.366 e. The van der Waals surface area contributed by atoms with Crippen LogP contribution in [-0.2, 0) is 9.59 Å². The Morgan fingerprint density at radius 3 is 2.07 bits per heavy atom. The molecular weight excluding hydrogens is 359 g/mol. The molecule has 0 unspecified atom stereocenters. The third-order valence-corrected chi connectivity index (χ3v) is 4.36. The highest BCUT2D eigenvalue weighted by molar-refractivity contribution is 6.03. The van der Waals surface area contributed by atoms with Crippen LogP contribution in [-0.4, -0.2) is 42.9 Å². The molecule has 3 rings (SSSR count). The third-order valence-electron chi connectivity index (χ3n) is 4.36. The maximum atomic E-state index is 13.8. The second-order valence-corrected chi connectivity index (χ2v) is 6.14. The Kier molecular flexibility index (Phi) is 5.63. The van der Waals surface area contributed by atoms with Crippen molar-refractivity contribution < 1.29 is 22.8 Å². The Morgan fingerprint density at radius 2 is 1.44 bits per heavy atom. The van der Waals surface area contributed by atoms with Gasteiger partial charge in [0.25, 0.3) is 0 Å². The first-order valence-electron chi connectivity index (χ1n) is 8.47. The van der Waals surface area contributed by atoms with E-state index in [0.717, 1.165) is 12.1 Å². The number of carbonyl (C=O) groups excluding carboxylic acids is 2. The van der Waals surface area contributed by atoms with Crippen LogP contribution in [0.1, 0.15) is 6.42 Å². The van der Waals surface area contributed by atoms with E-state index in [1.165, 1.54) is 17.0 Å². The summed E-state index contributed by atoms with van der Waals surface area (Å²) >= 11 is 0. The van der Waals surface area contributed by atoms with Gasteiger partial charge in [-0.3, -0.25) is 9.59 Å². The second kappa shape index (κ2) is 8.11. The molecule has 1 fully saturated rings. The molecule has 2 aromatic carbocycles. The minimum absolute atomic E-state index is 0.328. The van der Waals surface area contributed by atoms with Crippen LogP contribution in [0.5, 0.6) is 0 Å². The van der Waals surface area contributed by atoms with Crippen molar-refractivity contribution in [2.45, 2.75) is 6.42 Å². The Balaban J connectivity index is 1.54. The molecule has 1 aliphatic heterocycles. The van der Waals surface area contributed by atoms with Gasteiger partial charge in [0.1, 0.15) is 29.6 Å². The lowest BCUT2D eigenvalue weighted by Gasteiger charge is -2.36. The van der Waals surface area contributed by atoms with E-state index in [9.17, 15) is 22.8 Å². The SMILES string of the molecule is O=C(CC(=O)N1CCN(c2ccccc2F)CC1)Nc1c(F)cccc1F. The lowest BCUT2D eigenvalue weighted by atomic mass is 10.2. The van der Waals surface area contributed by atoms with Crippen molar-refractivity contribution in [3.8, 4) is 0 Å². The van der Waals surface area contributed by atoms with Gasteiger partial charge in [0.2, 0.25) is 11.8 Å². The fraction of sp³-hybridized carbons (Fsp3) is 0.263. The summed E-state index contributed by atoms with van der Waals surface area (Å²) in [5.41, 5.74) is -0.1000. The first-order chi connectivity index (χ1) is 13.0. The topological polar surface area (TPSA) is 52.7 Å². The smallest absolute Gasteiger partial charge is 0.233 e. The molecule has 142 valence electrons. The fourth-order valence-electron chi connectivity index (χ4n) is 2.95. The Hall–Kier alpha value is -3.03. The summed E-state index contributed by atoms with van der Waals surface area (Å²) in [7, 11) is 0. The molecule has 0 atom stereocenters. The molecule has 27 heavy (non-hydrogen) atoms. The molecule has 0 saturated carbocycles. The number of nitrogens with one attached hydrogen (secondary N) is 1. The molecule has 0 aliphatic carbocycles. The average Bonchev–Trinajstić information content (AvgIpc) is 2.65. The van der Waals surface area contributed by atoms with Gasteiger partial charge in [0, 0.05) is 26.2 Å². The van der Waals surface area contributed by atoms with E-state index in [2.05, 4.69) is 5.32 Å². The summed E-state index contributed by atoms with van der Waals surface area (Å²) in [6, 6.07) is 9.60. The lowest BCUT2D eigenvalue weighted by Crippen LogP contribution is -2.49. The number of rotatable bonds is 4. The van der Waals surface area contributed by atoms with Crippen LogP contribution in [0.25, 0.3) is 0 Å². The van der Waals surface area contributed by atoms with E-state index in [1.54, 1.807) is 18.2 Å². The van der Waals surface area contributed by atoms with Crippen LogP contribution in [0.3, 0.4) is 0 Å². The quantitative estimate of drug-likeness (QED) is 0.834. The van der Waals surface area contributed by atoms with Gasteiger partial charge in [-0.25, -0.2) is 13.2 Å². The Labute approximate surface area is 154 Å². The van der Waals surface area contributed by atoms with Crippen LogP contribution in [0.2, 0.25) is 0 Å². The number of anilines is 2. The minimum atomic E-state index is -0.908. The van der Waals surface area contributed by atoms with Crippen LogP contribution >= 0.6 is 0 Å². The Bertz CT molecular complexity index is 832. The number of hydrogen-bond donors (Lipinski definition) is 1. The Morgan fingerprint density at radius 1 is 0.852 bits per heavy atom. The first-order valence-corrected chi connectivity index (χ1v) is 8.47. The first kappa shape index (κ1) is 18.8. The molecule has 1 saturated heterocycles. The zero-order valence-electron chi connectivity index (χ0n) is 14.4. The van der Waals surface area contributed by atoms with E-state index in [-0.39, 0.29) is 5.82 Å². The third kappa shape index (κ3) is 4.39. The summed E-state index contributed by atoms with van der Waals surface area (Å²) < 4.78 is 40.9. The maximum Gasteiger partial charge on any atom is 0.233 e. The highest BCUT2D eigenvalue weighted by Gasteiger charge is 2.24. The van der Waals surface area contributed by atoms with Gasteiger partial charge < -0.3 is 15.1 Å². The van der Waals surface area contributed by atoms with E-state index in [1.807, 2.05) is 4.90 Å². The summed E-state index contributed by atoms with van der Waals surface area (Å²) in [5, 5.41) is 2.09. The molecule has 2 amide bonds. The molecule has 0 aromatic heterocycles. The van der Waals surface area contributed by atoms with Gasteiger partial charge in [-0.2, -0.15) is 0 Å².